The summed E-state index contributed by atoms with van der Waals surface area (Å²) >= 11 is 3.44. The summed E-state index contributed by atoms with van der Waals surface area (Å²) in [6.07, 6.45) is 4.68. The van der Waals surface area contributed by atoms with Crippen LogP contribution in [0.5, 0.6) is 11.5 Å². The van der Waals surface area contributed by atoms with E-state index in [9.17, 15) is 9.59 Å². The molecular weight excluding hydrogens is 574 g/mol. The Bertz CT molecular complexity index is 1640. The molecule has 8 nitrogen and oxygen atoms in total. The molecule has 0 bridgehead atoms. The molecule has 3 aromatic carbocycles. The normalized spacial score (nSPS) is 12.0. The minimum atomic E-state index is -0.981. The summed E-state index contributed by atoms with van der Waals surface area (Å²) < 4.78 is 13.9. The van der Waals surface area contributed by atoms with Gasteiger partial charge in [-0.15, -0.1) is 6.58 Å². The minimum absolute atomic E-state index is 0.0177. The highest BCUT2D eigenvalue weighted by Crippen LogP contribution is 2.34. The number of aromatic nitrogens is 2. The fraction of sp³-hybridized carbons (Fsp3) is 0.226. The Labute approximate surface area is 240 Å². The van der Waals surface area contributed by atoms with Crippen LogP contribution in [0.25, 0.3) is 10.9 Å². The van der Waals surface area contributed by atoms with Gasteiger partial charge in [-0.25, -0.2) is 9.78 Å². The van der Waals surface area contributed by atoms with Crippen molar-refractivity contribution in [3.8, 4) is 11.5 Å². The van der Waals surface area contributed by atoms with Crippen molar-refractivity contribution in [3.63, 3.8) is 0 Å². The summed E-state index contributed by atoms with van der Waals surface area (Å²) in [6, 6.07) is 15.7. The van der Waals surface area contributed by atoms with E-state index in [2.05, 4.69) is 27.6 Å². The predicted octanol–water partition coefficient (Wildman–Crippen LogP) is 6.57. The first-order valence-corrected chi connectivity index (χ1v) is 13.6. The molecule has 40 heavy (non-hydrogen) atoms. The first kappa shape index (κ1) is 28.8. The van der Waals surface area contributed by atoms with Gasteiger partial charge in [-0.2, -0.15) is 9.78 Å². The lowest BCUT2D eigenvalue weighted by molar-refractivity contribution is 0.0697. The van der Waals surface area contributed by atoms with Gasteiger partial charge in [0, 0.05) is 16.0 Å². The number of rotatable bonds is 11. The van der Waals surface area contributed by atoms with Crippen LogP contribution in [0.15, 0.2) is 81.6 Å². The van der Waals surface area contributed by atoms with Crippen molar-refractivity contribution in [2.45, 2.75) is 39.2 Å². The number of hydrogen-bond donors (Lipinski definition) is 1. The maximum atomic E-state index is 13.5. The number of aromatic carboxylic acids is 1. The molecule has 206 valence electrons. The van der Waals surface area contributed by atoms with Crippen molar-refractivity contribution in [2.24, 2.45) is 5.10 Å². The van der Waals surface area contributed by atoms with Crippen LogP contribution in [0.1, 0.15) is 59.1 Å². The van der Waals surface area contributed by atoms with Crippen LogP contribution in [-0.4, -0.2) is 34.1 Å². The molecule has 1 heterocycles. The molecule has 0 unspecified atom stereocenters. The second-order valence-corrected chi connectivity index (χ2v) is 10.2. The van der Waals surface area contributed by atoms with Crippen molar-refractivity contribution in [1.82, 2.24) is 9.66 Å². The number of allylic oxidation sites excluding steroid dienone is 1. The van der Waals surface area contributed by atoms with E-state index in [1.807, 2.05) is 32.0 Å². The molecule has 0 saturated carbocycles. The Morgan fingerprint density at radius 2 is 1.95 bits per heavy atom. The second kappa shape index (κ2) is 12.7. The molecule has 0 radical (unpaired) electrons. The number of hydrogen-bond acceptors (Lipinski definition) is 6. The number of carboxylic acids is 1. The summed E-state index contributed by atoms with van der Waals surface area (Å²) in [5, 5.41) is 14.2. The highest BCUT2D eigenvalue weighted by atomic mass is 79.9. The van der Waals surface area contributed by atoms with E-state index in [1.54, 1.807) is 55.8 Å². The van der Waals surface area contributed by atoms with Gasteiger partial charge in [0.25, 0.3) is 5.56 Å². The van der Waals surface area contributed by atoms with Crippen LogP contribution in [0.4, 0.5) is 0 Å². The smallest absolute Gasteiger partial charge is 0.335 e. The third kappa shape index (κ3) is 6.31. The van der Waals surface area contributed by atoms with E-state index in [4.69, 9.17) is 19.6 Å². The third-order valence-corrected chi connectivity index (χ3v) is 7.02. The number of fused-ring (bicyclic) bond motifs is 1. The number of benzene rings is 3. The molecule has 0 amide bonds. The lowest BCUT2D eigenvalue weighted by Crippen LogP contribution is -2.23. The maximum absolute atomic E-state index is 13.5. The zero-order chi connectivity index (χ0) is 28.8. The highest BCUT2D eigenvalue weighted by molar-refractivity contribution is 9.10. The van der Waals surface area contributed by atoms with Gasteiger partial charge in [0.15, 0.2) is 11.5 Å². The average molecular weight is 605 g/mol. The van der Waals surface area contributed by atoms with Crippen LogP contribution in [0.2, 0.25) is 0 Å². The molecule has 4 aromatic rings. The molecule has 0 saturated heterocycles. The molecule has 9 heteroatoms. The molecular formula is C31H30BrN3O5. The molecule has 4 rings (SSSR count). The minimum Gasteiger partial charge on any atom is -0.493 e. The molecule has 0 aliphatic carbocycles. The standard InChI is InChI=1S/C31H30BrN3O5/c1-5-7-23-14-21(15-27(39-4)28(23)40-18-20-8-10-22(11-9-20)31(37)38)17-33-35-29(19(3)6-2)34-26-13-12-24(32)16-25(26)30(35)36/h5,8-17,19H,1,6-7,18H2,2-4H3,(H,37,38)/t19-/m0/s1. The van der Waals surface area contributed by atoms with Gasteiger partial charge in [-0.3, -0.25) is 4.79 Å². The largest absolute Gasteiger partial charge is 0.493 e. The van der Waals surface area contributed by atoms with Gasteiger partial charge in [0.1, 0.15) is 12.4 Å². The van der Waals surface area contributed by atoms with Crippen LogP contribution in [0, 0.1) is 0 Å². The number of nitrogens with zero attached hydrogens (tertiary/aromatic N) is 3. The van der Waals surface area contributed by atoms with E-state index in [0.29, 0.717) is 40.2 Å². The molecule has 1 aromatic heterocycles. The predicted molar refractivity (Wildman–Crippen MR) is 160 cm³/mol. The van der Waals surface area contributed by atoms with Crippen LogP contribution < -0.4 is 15.0 Å². The quantitative estimate of drug-likeness (QED) is 0.154. The number of methoxy groups -OCH3 is 1. The fourth-order valence-electron chi connectivity index (χ4n) is 4.18. The second-order valence-electron chi connectivity index (χ2n) is 9.30. The van der Waals surface area contributed by atoms with Gasteiger partial charge in [-0.05, 0) is 66.4 Å². The Morgan fingerprint density at radius 3 is 2.60 bits per heavy atom. The van der Waals surface area contributed by atoms with Gasteiger partial charge < -0.3 is 14.6 Å². The average Bonchev–Trinajstić information content (AvgIpc) is 2.95. The van der Waals surface area contributed by atoms with Crippen molar-refractivity contribution < 1.29 is 19.4 Å². The van der Waals surface area contributed by atoms with E-state index in [0.717, 1.165) is 22.0 Å². The summed E-state index contributed by atoms with van der Waals surface area (Å²) in [6.45, 7) is 8.15. The molecule has 0 aliphatic heterocycles. The van der Waals surface area contributed by atoms with Gasteiger partial charge >= 0.3 is 5.97 Å². The Balaban J connectivity index is 1.71. The summed E-state index contributed by atoms with van der Waals surface area (Å²) in [5.41, 5.74) is 2.95. The van der Waals surface area contributed by atoms with Gasteiger partial charge in [0.05, 0.1) is 29.8 Å². The van der Waals surface area contributed by atoms with E-state index >= 15 is 0 Å². The zero-order valence-electron chi connectivity index (χ0n) is 22.6. The highest BCUT2D eigenvalue weighted by Gasteiger charge is 2.17. The molecule has 1 atom stereocenters. The molecule has 1 N–H and O–H groups in total. The number of halogens is 1. The van der Waals surface area contributed by atoms with Crippen molar-refractivity contribution in [2.75, 3.05) is 7.11 Å². The lowest BCUT2D eigenvalue weighted by atomic mass is 10.1. The topological polar surface area (TPSA) is 103 Å². The van der Waals surface area contributed by atoms with Crippen molar-refractivity contribution in [1.29, 1.82) is 0 Å². The molecule has 0 spiro atoms. The maximum Gasteiger partial charge on any atom is 0.335 e. The SMILES string of the molecule is C=CCc1cc(C=Nn2c([C@@H](C)CC)nc3ccc(Br)cc3c2=O)cc(OC)c1OCc1ccc(C(=O)O)cc1. The summed E-state index contributed by atoms with van der Waals surface area (Å²) in [5.74, 6) is 0.676. The van der Waals surface area contributed by atoms with Crippen LogP contribution >= 0.6 is 15.9 Å². The van der Waals surface area contributed by atoms with Gasteiger partial charge in [-0.1, -0.05) is 48.0 Å². The van der Waals surface area contributed by atoms with Crippen molar-refractivity contribution >= 4 is 39.0 Å². The third-order valence-electron chi connectivity index (χ3n) is 6.53. The Morgan fingerprint density at radius 1 is 1.20 bits per heavy atom. The molecule has 0 fully saturated rings. The fourth-order valence-corrected chi connectivity index (χ4v) is 4.54. The van der Waals surface area contributed by atoms with Crippen molar-refractivity contribution in [3.05, 3.63) is 110 Å². The monoisotopic (exact) mass is 603 g/mol. The number of carbonyl (C=O) groups is 1. The van der Waals surface area contributed by atoms with Gasteiger partial charge in [0.2, 0.25) is 0 Å². The summed E-state index contributed by atoms with van der Waals surface area (Å²) in [4.78, 5) is 29.4. The molecule has 0 aliphatic rings. The lowest BCUT2D eigenvalue weighted by Gasteiger charge is -2.16. The first-order chi connectivity index (χ1) is 19.2. The zero-order valence-corrected chi connectivity index (χ0v) is 24.1. The Kier molecular flexibility index (Phi) is 9.16. The first-order valence-electron chi connectivity index (χ1n) is 12.8. The summed E-state index contributed by atoms with van der Waals surface area (Å²) in [7, 11) is 1.55. The van der Waals surface area contributed by atoms with E-state index < -0.39 is 5.97 Å². The Hall–Kier alpha value is -4.24. The van der Waals surface area contributed by atoms with E-state index in [1.165, 1.54) is 4.68 Å². The van der Waals surface area contributed by atoms with Crippen LogP contribution in [-0.2, 0) is 13.0 Å². The number of ether oxygens (including phenoxy) is 2. The van der Waals surface area contributed by atoms with Crippen LogP contribution in [0.3, 0.4) is 0 Å². The van der Waals surface area contributed by atoms with E-state index in [-0.39, 0.29) is 23.6 Å². The number of carboxylic acid groups (broad SMARTS) is 1.